The van der Waals surface area contributed by atoms with Crippen molar-refractivity contribution >= 4 is 18.5 Å². The lowest BCUT2D eigenvalue weighted by Gasteiger charge is -2.30. The smallest absolute Gasteiger partial charge is 0.232 e. The van der Waals surface area contributed by atoms with Crippen molar-refractivity contribution in [2.45, 2.75) is 13.0 Å². The van der Waals surface area contributed by atoms with E-state index in [9.17, 15) is 4.79 Å². The normalized spacial score (nSPS) is 25.3. The summed E-state index contributed by atoms with van der Waals surface area (Å²) < 4.78 is 5.28. The number of carbonyl (C=O) groups is 1. The van der Waals surface area contributed by atoms with E-state index in [1.54, 1.807) is 4.90 Å². The van der Waals surface area contributed by atoms with Gasteiger partial charge < -0.3 is 9.64 Å². The Morgan fingerprint density at radius 2 is 2.55 bits per heavy atom. The van der Waals surface area contributed by atoms with Crippen LogP contribution in [0, 0.1) is 0 Å². The third-order valence-corrected chi connectivity index (χ3v) is 2.00. The molecule has 1 rings (SSSR count). The van der Waals surface area contributed by atoms with Gasteiger partial charge in [-0.1, -0.05) is 0 Å². The molecule has 0 aromatic heterocycles. The molecule has 64 valence electrons. The molecule has 3 nitrogen and oxygen atoms in total. The molecule has 1 heterocycles. The molecule has 0 spiro atoms. The van der Waals surface area contributed by atoms with Gasteiger partial charge in [-0.3, -0.25) is 4.79 Å². The molecule has 0 radical (unpaired) electrons. The van der Waals surface area contributed by atoms with Crippen molar-refractivity contribution in [3.05, 3.63) is 0 Å². The number of nitrogens with zero attached hydrogens (tertiary/aromatic N) is 1. The van der Waals surface area contributed by atoms with Gasteiger partial charge in [0, 0.05) is 13.1 Å². The monoisotopic (exact) mass is 175 g/mol. The Morgan fingerprint density at radius 1 is 1.82 bits per heavy atom. The molecule has 1 fully saturated rings. The molecule has 0 N–H and O–H groups in total. The third kappa shape index (κ3) is 2.38. The van der Waals surface area contributed by atoms with E-state index in [0.717, 1.165) is 0 Å². The molecule has 1 saturated heterocycles. The molecule has 1 aliphatic rings. The molecule has 0 aliphatic carbocycles. The average molecular weight is 175 g/mol. The van der Waals surface area contributed by atoms with E-state index in [-0.39, 0.29) is 12.0 Å². The van der Waals surface area contributed by atoms with Crippen molar-refractivity contribution in [2.75, 3.05) is 25.4 Å². The van der Waals surface area contributed by atoms with Crippen LogP contribution in [0.15, 0.2) is 0 Å². The summed E-state index contributed by atoms with van der Waals surface area (Å²) in [6.07, 6.45) is 0.174. The van der Waals surface area contributed by atoms with Gasteiger partial charge in [0.05, 0.1) is 18.5 Å². The maximum atomic E-state index is 11.1. The molecule has 0 unspecified atom stereocenters. The molecule has 1 aliphatic heterocycles. The second kappa shape index (κ2) is 3.97. The van der Waals surface area contributed by atoms with E-state index in [1.165, 1.54) is 0 Å². The van der Waals surface area contributed by atoms with Crippen LogP contribution in [0.5, 0.6) is 0 Å². The van der Waals surface area contributed by atoms with Crippen molar-refractivity contribution < 1.29 is 9.53 Å². The first-order valence-electron chi connectivity index (χ1n) is 3.74. The molecule has 1 amide bonds. The van der Waals surface area contributed by atoms with Gasteiger partial charge in [-0.05, 0) is 6.92 Å². The van der Waals surface area contributed by atoms with Crippen LogP contribution < -0.4 is 0 Å². The summed E-state index contributed by atoms with van der Waals surface area (Å²) in [6.45, 7) is 4.04. The molecule has 0 aromatic carbocycles. The zero-order chi connectivity index (χ0) is 8.27. The number of hydrogen-bond acceptors (Lipinski definition) is 3. The van der Waals surface area contributed by atoms with Crippen molar-refractivity contribution in [1.82, 2.24) is 4.90 Å². The van der Waals surface area contributed by atoms with Crippen molar-refractivity contribution in [3.63, 3.8) is 0 Å². The van der Waals surface area contributed by atoms with Crippen LogP contribution in [0.1, 0.15) is 6.92 Å². The van der Waals surface area contributed by atoms with E-state index in [4.69, 9.17) is 4.74 Å². The van der Waals surface area contributed by atoms with E-state index in [0.29, 0.717) is 25.4 Å². The first-order valence-corrected chi connectivity index (χ1v) is 4.37. The number of morpholine rings is 1. The Balaban J connectivity index is 2.39. The minimum atomic E-state index is 0.100. The number of ether oxygens (including phenoxy) is 1. The number of amides is 1. The van der Waals surface area contributed by atoms with E-state index < -0.39 is 0 Å². The second-order valence-corrected chi connectivity index (χ2v) is 3.00. The van der Waals surface area contributed by atoms with Gasteiger partial charge in [0.2, 0.25) is 5.91 Å². The van der Waals surface area contributed by atoms with Crippen LogP contribution in [0.3, 0.4) is 0 Å². The van der Waals surface area contributed by atoms with Gasteiger partial charge >= 0.3 is 0 Å². The highest BCUT2D eigenvalue weighted by Gasteiger charge is 2.19. The highest BCUT2D eigenvalue weighted by molar-refractivity contribution is 7.81. The molecular formula is C7H13NO2S. The third-order valence-electron chi connectivity index (χ3n) is 1.73. The first kappa shape index (κ1) is 8.87. The Bertz CT molecular complexity index is 151. The van der Waals surface area contributed by atoms with Gasteiger partial charge in [0.25, 0.3) is 0 Å². The second-order valence-electron chi connectivity index (χ2n) is 2.68. The minimum Gasteiger partial charge on any atom is -0.375 e. The van der Waals surface area contributed by atoms with E-state index >= 15 is 0 Å². The lowest BCUT2D eigenvalue weighted by Crippen LogP contribution is -2.45. The lowest BCUT2D eigenvalue weighted by atomic mass is 10.3. The van der Waals surface area contributed by atoms with E-state index in [1.807, 2.05) is 6.92 Å². The fourth-order valence-electron chi connectivity index (χ4n) is 1.14. The number of rotatable bonds is 1. The fraction of sp³-hybridized carbons (Fsp3) is 0.857. The molecule has 0 aromatic rings. The Hall–Kier alpha value is -0.220. The summed E-state index contributed by atoms with van der Waals surface area (Å²) >= 11 is 3.92. The van der Waals surface area contributed by atoms with Crippen LogP contribution in [0.2, 0.25) is 0 Å². The van der Waals surface area contributed by atoms with Gasteiger partial charge in [-0.2, -0.15) is 12.6 Å². The highest BCUT2D eigenvalue weighted by atomic mass is 32.1. The van der Waals surface area contributed by atoms with Crippen molar-refractivity contribution in [3.8, 4) is 0 Å². The molecular weight excluding hydrogens is 162 g/mol. The van der Waals surface area contributed by atoms with Crippen LogP contribution in [-0.2, 0) is 9.53 Å². The first-order chi connectivity index (χ1) is 5.24. The average Bonchev–Trinajstić information content (AvgIpc) is 2.03. The molecule has 1 atom stereocenters. The van der Waals surface area contributed by atoms with Crippen LogP contribution in [0.25, 0.3) is 0 Å². The van der Waals surface area contributed by atoms with Crippen LogP contribution in [0.4, 0.5) is 0 Å². The Morgan fingerprint density at radius 3 is 3.09 bits per heavy atom. The zero-order valence-electron chi connectivity index (χ0n) is 6.62. The van der Waals surface area contributed by atoms with Gasteiger partial charge in [-0.25, -0.2) is 0 Å². The maximum absolute atomic E-state index is 11.1. The SMILES string of the molecule is C[C@@H]1CN(C(=O)CS)CCO1. The van der Waals surface area contributed by atoms with E-state index in [2.05, 4.69) is 12.6 Å². The summed E-state index contributed by atoms with van der Waals surface area (Å²) in [5.74, 6) is 0.399. The predicted octanol–water partition coefficient (Wildman–Crippen LogP) is 0.164. The maximum Gasteiger partial charge on any atom is 0.232 e. The molecule has 0 bridgehead atoms. The quantitative estimate of drug-likeness (QED) is 0.575. The zero-order valence-corrected chi connectivity index (χ0v) is 7.51. The number of hydrogen-bond donors (Lipinski definition) is 1. The van der Waals surface area contributed by atoms with Crippen LogP contribution in [-0.4, -0.2) is 42.4 Å². The molecule has 11 heavy (non-hydrogen) atoms. The molecule has 4 heteroatoms. The topological polar surface area (TPSA) is 29.5 Å². The Labute approximate surface area is 72.1 Å². The predicted molar refractivity (Wildman–Crippen MR) is 45.8 cm³/mol. The van der Waals surface area contributed by atoms with Gasteiger partial charge in [0.1, 0.15) is 0 Å². The van der Waals surface area contributed by atoms with Gasteiger partial charge in [-0.15, -0.1) is 0 Å². The Kier molecular flexibility index (Phi) is 3.20. The minimum absolute atomic E-state index is 0.100. The summed E-state index contributed by atoms with van der Waals surface area (Å²) in [4.78, 5) is 12.9. The summed E-state index contributed by atoms with van der Waals surface area (Å²) in [6, 6.07) is 0. The van der Waals surface area contributed by atoms with Gasteiger partial charge in [0.15, 0.2) is 0 Å². The summed E-state index contributed by atoms with van der Waals surface area (Å²) in [7, 11) is 0. The van der Waals surface area contributed by atoms with Crippen LogP contribution >= 0.6 is 12.6 Å². The number of carbonyl (C=O) groups excluding carboxylic acids is 1. The number of thiol groups is 1. The molecule has 0 saturated carbocycles. The standard InChI is InChI=1S/C7H13NO2S/c1-6-4-8(2-3-10-6)7(9)5-11/h6,11H,2-5H2,1H3/t6-/m1/s1. The largest absolute Gasteiger partial charge is 0.375 e. The van der Waals surface area contributed by atoms with Crippen molar-refractivity contribution in [1.29, 1.82) is 0 Å². The highest BCUT2D eigenvalue weighted by Crippen LogP contribution is 2.04. The lowest BCUT2D eigenvalue weighted by molar-refractivity contribution is -0.135. The summed E-state index contributed by atoms with van der Waals surface area (Å²) in [5.41, 5.74) is 0. The van der Waals surface area contributed by atoms with Crippen molar-refractivity contribution in [2.24, 2.45) is 0 Å². The fourth-order valence-corrected chi connectivity index (χ4v) is 1.34. The summed E-state index contributed by atoms with van der Waals surface area (Å²) in [5, 5.41) is 0.